The van der Waals surface area contributed by atoms with Crippen molar-refractivity contribution >= 4 is 17.7 Å². The van der Waals surface area contributed by atoms with Crippen LogP contribution in [-0.4, -0.2) is 28.0 Å². The van der Waals surface area contributed by atoms with Gasteiger partial charge in [-0.15, -0.1) is 0 Å². The second-order valence-corrected chi connectivity index (χ2v) is 7.78. The summed E-state index contributed by atoms with van der Waals surface area (Å²) in [5.41, 5.74) is 0.280. The van der Waals surface area contributed by atoms with E-state index in [-0.39, 0.29) is 18.8 Å². The van der Waals surface area contributed by atoms with Crippen LogP contribution in [0.2, 0.25) is 0 Å². The standard InChI is InChI=1S/C13H20FO6PS/c1-4-11-8-7-9-12(14)13(11)22(16,17)20-10-21(15,18-5-2)19-6-3/h7-9H,4-6,10H2,1-3H3. The Bertz CT molecular complexity index is 636. The summed E-state index contributed by atoms with van der Waals surface area (Å²) in [6.45, 7) is 5.01. The predicted molar refractivity (Wildman–Crippen MR) is 79.8 cm³/mol. The van der Waals surface area contributed by atoms with Gasteiger partial charge < -0.3 is 9.05 Å². The van der Waals surface area contributed by atoms with E-state index in [4.69, 9.17) is 13.2 Å². The molecule has 1 aromatic carbocycles. The summed E-state index contributed by atoms with van der Waals surface area (Å²) in [6, 6.07) is 3.93. The Labute approximate surface area is 130 Å². The predicted octanol–water partition coefficient (Wildman–Crippen LogP) is 3.32. The fourth-order valence-corrected chi connectivity index (χ4v) is 4.85. The van der Waals surface area contributed by atoms with E-state index in [1.54, 1.807) is 20.8 Å². The molecule has 0 heterocycles. The van der Waals surface area contributed by atoms with Gasteiger partial charge in [0.05, 0.1) is 13.2 Å². The van der Waals surface area contributed by atoms with Gasteiger partial charge in [0, 0.05) is 0 Å². The third-order valence-corrected chi connectivity index (χ3v) is 6.01. The first-order valence-corrected chi connectivity index (χ1v) is 9.98. The van der Waals surface area contributed by atoms with Crippen LogP contribution in [0.15, 0.2) is 23.1 Å². The molecular formula is C13H20FO6PS. The highest BCUT2D eigenvalue weighted by Crippen LogP contribution is 2.48. The maximum atomic E-state index is 13.9. The fourth-order valence-electron chi connectivity index (χ4n) is 1.81. The maximum absolute atomic E-state index is 13.9. The van der Waals surface area contributed by atoms with Crippen LogP contribution < -0.4 is 0 Å². The molecule has 0 saturated heterocycles. The van der Waals surface area contributed by atoms with Crippen molar-refractivity contribution in [1.29, 1.82) is 0 Å². The monoisotopic (exact) mass is 354 g/mol. The van der Waals surface area contributed by atoms with E-state index in [0.29, 0.717) is 6.42 Å². The summed E-state index contributed by atoms with van der Waals surface area (Å²) >= 11 is 0. The lowest BCUT2D eigenvalue weighted by Crippen LogP contribution is -2.14. The lowest BCUT2D eigenvalue weighted by atomic mass is 10.2. The molecule has 22 heavy (non-hydrogen) atoms. The third-order valence-electron chi connectivity index (χ3n) is 2.70. The molecule has 0 fully saturated rings. The van der Waals surface area contributed by atoms with Crippen LogP contribution in [0.1, 0.15) is 26.3 Å². The van der Waals surface area contributed by atoms with Crippen molar-refractivity contribution in [2.45, 2.75) is 32.1 Å². The highest BCUT2D eigenvalue weighted by atomic mass is 32.2. The van der Waals surface area contributed by atoms with E-state index in [1.165, 1.54) is 12.1 Å². The lowest BCUT2D eigenvalue weighted by Gasteiger charge is -2.17. The van der Waals surface area contributed by atoms with E-state index >= 15 is 0 Å². The first-order chi connectivity index (χ1) is 10.3. The van der Waals surface area contributed by atoms with Gasteiger partial charge >= 0.3 is 17.7 Å². The van der Waals surface area contributed by atoms with Gasteiger partial charge in [-0.1, -0.05) is 19.1 Å². The van der Waals surface area contributed by atoms with Crippen molar-refractivity contribution in [1.82, 2.24) is 0 Å². The molecule has 126 valence electrons. The van der Waals surface area contributed by atoms with Crippen LogP contribution in [0.3, 0.4) is 0 Å². The molecule has 1 aromatic rings. The maximum Gasteiger partial charge on any atom is 0.357 e. The summed E-state index contributed by atoms with van der Waals surface area (Å²) in [4.78, 5) is -0.544. The minimum Gasteiger partial charge on any atom is -0.307 e. The smallest absolute Gasteiger partial charge is 0.307 e. The van der Waals surface area contributed by atoms with Crippen molar-refractivity contribution in [3.8, 4) is 0 Å². The fraction of sp³-hybridized carbons (Fsp3) is 0.538. The summed E-state index contributed by atoms with van der Waals surface area (Å²) in [5, 5.41) is 0. The Kier molecular flexibility index (Phi) is 7.15. The molecule has 0 aliphatic heterocycles. The van der Waals surface area contributed by atoms with Crippen LogP contribution in [0.4, 0.5) is 4.39 Å². The van der Waals surface area contributed by atoms with Crippen LogP contribution in [0, 0.1) is 5.82 Å². The zero-order valence-electron chi connectivity index (χ0n) is 12.7. The van der Waals surface area contributed by atoms with E-state index in [1.807, 2.05) is 0 Å². The number of hydrogen-bond donors (Lipinski definition) is 0. The highest BCUT2D eigenvalue weighted by molar-refractivity contribution is 7.87. The van der Waals surface area contributed by atoms with Gasteiger partial charge in [0.2, 0.25) is 0 Å². The van der Waals surface area contributed by atoms with Gasteiger partial charge in [0.25, 0.3) is 0 Å². The Morgan fingerprint density at radius 3 is 2.23 bits per heavy atom. The molecule has 0 unspecified atom stereocenters. The van der Waals surface area contributed by atoms with E-state index < -0.39 is 34.8 Å². The molecule has 0 atom stereocenters. The largest absolute Gasteiger partial charge is 0.357 e. The van der Waals surface area contributed by atoms with Crippen LogP contribution >= 0.6 is 7.60 Å². The van der Waals surface area contributed by atoms with Gasteiger partial charge in [-0.3, -0.25) is 8.75 Å². The van der Waals surface area contributed by atoms with Crippen LogP contribution in [0.25, 0.3) is 0 Å². The van der Waals surface area contributed by atoms with Crippen LogP contribution in [-0.2, 0) is 34.3 Å². The van der Waals surface area contributed by atoms with E-state index in [9.17, 15) is 17.4 Å². The SMILES string of the molecule is CCOP(=O)(COS(=O)(=O)c1c(F)cccc1CC)OCC. The number of benzene rings is 1. The van der Waals surface area contributed by atoms with Gasteiger partial charge in [0.15, 0.2) is 6.35 Å². The first kappa shape index (κ1) is 19.3. The topological polar surface area (TPSA) is 78.9 Å². The van der Waals surface area contributed by atoms with E-state index in [2.05, 4.69) is 0 Å². The molecule has 0 aliphatic rings. The molecular weight excluding hydrogens is 334 g/mol. The third kappa shape index (κ3) is 4.86. The van der Waals surface area contributed by atoms with Crippen molar-refractivity contribution in [2.75, 3.05) is 19.6 Å². The normalized spacial score (nSPS) is 12.5. The second-order valence-electron chi connectivity index (χ2n) is 4.23. The zero-order valence-corrected chi connectivity index (χ0v) is 14.5. The van der Waals surface area contributed by atoms with Crippen molar-refractivity contribution in [3.05, 3.63) is 29.6 Å². The van der Waals surface area contributed by atoms with Crippen molar-refractivity contribution in [3.63, 3.8) is 0 Å². The zero-order chi connectivity index (χ0) is 16.8. The molecule has 0 aliphatic carbocycles. The second kappa shape index (κ2) is 8.17. The number of halogens is 1. The highest BCUT2D eigenvalue weighted by Gasteiger charge is 2.30. The van der Waals surface area contributed by atoms with Gasteiger partial charge in [-0.25, -0.2) is 4.39 Å². The molecule has 0 bridgehead atoms. The molecule has 9 heteroatoms. The average molecular weight is 354 g/mol. The Hall–Kier alpha value is -0.790. The summed E-state index contributed by atoms with van der Waals surface area (Å²) in [6.07, 6.45) is -0.487. The lowest BCUT2D eigenvalue weighted by molar-refractivity contribution is 0.197. The quantitative estimate of drug-likeness (QED) is 0.500. The number of aryl methyl sites for hydroxylation is 1. The molecule has 0 radical (unpaired) electrons. The molecule has 0 spiro atoms. The molecule has 1 rings (SSSR count). The Morgan fingerprint density at radius 2 is 1.73 bits per heavy atom. The first-order valence-electron chi connectivity index (χ1n) is 6.84. The minimum absolute atomic E-state index is 0.0700. The molecule has 0 amide bonds. The molecule has 0 aromatic heterocycles. The number of hydrogen-bond acceptors (Lipinski definition) is 6. The minimum atomic E-state index is -4.41. The molecule has 0 saturated carbocycles. The summed E-state index contributed by atoms with van der Waals surface area (Å²) in [7, 11) is -8.11. The Morgan fingerprint density at radius 1 is 1.14 bits per heavy atom. The average Bonchev–Trinajstić information content (AvgIpc) is 2.45. The van der Waals surface area contributed by atoms with E-state index in [0.717, 1.165) is 6.07 Å². The molecule has 0 N–H and O–H groups in total. The summed E-state index contributed by atoms with van der Waals surface area (Å²) < 4.78 is 65.1. The van der Waals surface area contributed by atoms with Crippen molar-refractivity contribution < 1.29 is 30.6 Å². The van der Waals surface area contributed by atoms with Gasteiger partial charge in [-0.05, 0) is 31.9 Å². The van der Waals surface area contributed by atoms with Gasteiger partial charge in [-0.2, -0.15) is 8.42 Å². The number of rotatable bonds is 9. The summed E-state index contributed by atoms with van der Waals surface area (Å²) in [5.74, 6) is -0.915. The van der Waals surface area contributed by atoms with Crippen LogP contribution in [0.5, 0.6) is 0 Å². The molecule has 6 nitrogen and oxygen atoms in total. The van der Waals surface area contributed by atoms with Gasteiger partial charge in [0.1, 0.15) is 10.7 Å². The Balaban J connectivity index is 3.04. The van der Waals surface area contributed by atoms with Crippen molar-refractivity contribution in [2.24, 2.45) is 0 Å².